The van der Waals surface area contributed by atoms with Gasteiger partial charge in [-0.2, -0.15) is 0 Å². The first-order valence-corrected chi connectivity index (χ1v) is 7.71. The van der Waals surface area contributed by atoms with Gasteiger partial charge in [0.15, 0.2) is 0 Å². The first-order valence-electron chi connectivity index (χ1n) is 7.71. The highest BCUT2D eigenvalue weighted by molar-refractivity contribution is 5.70. The highest BCUT2D eigenvalue weighted by Gasteiger charge is 2.29. The van der Waals surface area contributed by atoms with Crippen LogP contribution in [0, 0.1) is 5.92 Å². The van der Waals surface area contributed by atoms with Crippen molar-refractivity contribution in [2.45, 2.75) is 45.6 Å². The van der Waals surface area contributed by atoms with Crippen molar-refractivity contribution >= 4 is 5.97 Å². The van der Waals surface area contributed by atoms with Crippen LogP contribution in [0.4, 0.5) is 0 Å². The molecule has 3 heteroatoms. The standard InChI is InChI=1S/C17H25NO2/c1-3-13-7-9-14(10-8-13)16(4-2)18-11-5-6-15(12-18)17(19)20/h7-10,15-16H,3-6,11-12H2,1-2H3,(H,19,20). The van der Waals surface area contributed by atoms with Gasteiger partial charge in [0.1, 0.15) is 0 Å². The second-order valence-electron chi connectivity index (χ2n) is 5.69. The van der Waals surface area contributed by atoms with Crippen LogP contribution in [0.2, 0.25) is 0 Å². The van der Waals surface area contributed by atoms with Crippen LogP contribution in [0.1, 0.15) is 50.3 Å². The van der Waals surface area contributed by atoms with Gasteiger partial charge in [-0.25, -0.2) is 0 Å². The van der Waals surface area contributed by atoms with Gasteiger partial charge in [-0.3, -0.25) is 9.69 Å². The van der Waals surface area contributed by atoms with E-state index in [1.807, 2.05) is 0 Å². The maximum Gasteiger partial charge on any atom is 0.307 e. The number of aryl methyl sites for hydroxylation is 1. The van der Waals surface area contributed by atoms with E-state index in [0.29, 0.717) is 12.6 Å². The number of nitrogens with zero attached hydrogens (tertiary/aromatic N) is 1. The third-order valence-corrected chi connectivity index (χ3v) is 4.40. The number of carboxylic acid groups (broad SMARTS) is 1. The molecule has 2 atom stereocenters. The number of hydrogen-bond acceptors (Lipinski definition) is 2. The van der Waals surface area contributed by atoms with E-state index < -0.39 is 5.97 Å². The van der Waals surface area contributed by atoms with Crippen LogP contribution < -0.4 is 0 Å². The minimum atomic E-state index is -0.647. The lowest BCUT2D eigenvalue weighted by Gasteiger charge is -2.37. The molecule has 1 aliphatic rings. The molecule has 1 aromatic carbocycles. The van der Waals surface area contributed by atoms with Crippen LogP contribution in [0.25, 0.3) is 0 Å². The summed E-state index contributed by atoms with van der Waals surface area (Å²) in [5, 5.41) is 9.22. The molecule has 0 bridgehead atoms. The quantitative estimate of drug-likeness (QED) is 0.894. The summed E-state index contributed by atoms with van der Waals surface area (Å²) in [7, 11) is 0. The maximum atomic E-state index is 11.2. The molecule has 1 N–H and O–H groups in total. The van der Waals surface area contributed by atoms with Crippen LogP contribution >= 0.6 is 0 Å². The van der Waals surface area contributed by atoms with E-state index in [1.165, 1.54) is 11.1 Å². The van der Waals surface area contributed by atoms with Gasteiger partial charge in [-0.1, -0.05) is 38.1 Å². The molecule has 0 saturated carbocycles. The predicted molar refractivity (Wildman–Crippen MR) is 80.8 cm³/mol. The number of aliphatic carboxylic acids is 1. The van der Waals surface area contributed by atoms with E-state index in [9.17, 15) is 9.90 Å². The van der Waals surface area contributed by atoms with Crippen molar-refractivity contribution in [2.75, 3.05) is 13.1 Å². The van der Waals surface area contributed by atoms with E-state index in [0.717, 1.165) is 32.2 Å². The van der Waals surface area contributed by atoms with Gasteiger partial charge >= 0.3 is 5.97 Å². The predicted octanol–water partition coefficient (Wildman–Crippen LogP) is 3.50. The summed E-state index contributed by atoms with van der Waals surface area (Å²) >= 11 is 0. The van der Waals surface area contributed by atoms with Gasteiger partial charge < -0.3 is 5.11 Å². The van der Waals surface area contributed by atoms with Crippen LogP contribution in [-0.4, -0.2) is 29.1 Å². The topological polar surface area (TPSA) is 40.5 Å². The largest absolute Gasteiger partial charge is 0.481 e. The fourth-order valence-electron chi connectivity index (χ4n) is 3.17. The van der Waals surface area contributed by atoms with E-state index in [-0.39, 0.29) is 5.92 Å². The van der Waals surface area contributed by atoms with Gasteiger partial charge in [0.25, 0.3) is 0 Å². The van der Waals surface area contributed by atoms with E-state index in [1.54, 1.807) is 0 Å². The summed E-state index contributed by atoms with van der Waals surface area (Å²) in [6.07, 6.45) is 3.89. The lowest BCUT2D eigenvalue weighted by Crippen LogP contribution is -2.40. The molecule has 0 radical (unpaired) electrons. The van der Waals surface area contributed by atoms with Crippen LogP contribution in [0.5, 0.6) is 0 Å². The summed E-state index contributed by atoms with van der Waals surface area (Å²) in [5.41, 5.74) is 2.67. The zero-order valence-corrected chi connectivity index (χ0v) is 12.5. The zero-order valence-electron chi connectivity index (χ0n) is 12.5. The summed E-state index contributed by atoms with van der Waals surface area (Å²) < 4.78 is 0. The molecule has 20 heavy (non-hydrogen) atoms. The number of rotatable bonds is 5. The van der Waals surface area contributed by atoms with Crippen molar-refractivity contribution in [2.24, 2.45) is 5.92 Å². The molecule has 0 spiro atoms. The number of piperidine rings is 1. The molecule has 0 aromatic heterocycles. The Labute approximate surface area is 121 Å². The SMILES string of the molecule is CCc1ccc(C(CC)N2CCCC(C(=O)O)C2)cc1. The number of likely N-dealkylation sites (tertiary alicyclic amines) is 1. The average Bonchev–Trinajstić information content (AvgIpc) is 2.49. The second kappa shape index (κ2) is 6.89. The number of benzene rings is 1. The first-order chi connectivity index (χ1) is 9.65. The van der Waals surface area contributed by atoms with Crippen molar-refractivity contribution in [3.05, 3.63) is 35.4 Å². The average molecular weight is 275 g/mol. The van der Waals surface area contributed by atoms with Crippen molar-refractivity contribution in [3.63, 3.8) is 0 Å². The van der Waals surface area contributed by atoms with Gasteiger partial charge in [-0.05, 0) is 43.4 Å². The molecule has 0 amide bonds. The van der Waals surface area contributed by atoms with E-state index in [4.69, 9.17) is 0 Å². The van der Waals surface area contributed by atoms with Gasteiger partial charge in [0.05, 0.1) is 5.92 Å². The Bertz CT molecular complexity index is 441. The van der Waals surface area contributed by atoms with Gasteiger partial charge in [0, 0.05) is 12.6 Å². The van der Waals surface area contributed by atoms with E-state index in [2.05, 4.69) is 43.0 Å². The van der Waals surface area contributed by atoms with E-state index >= 15 is 0 Å². The lowest BCUT2D eigenvalue weighted by atomic mass is 9.93. The third kappa shape index (κ3) is 3.40. The van der Waals surface area contributed by atoms with Crippen molar-refractivity contribution in [1.29, 1.82) is 0 Å². The number of carboxylic acids is 1. The number of hydrogen-bond donors (Lipinski definition) is 1. The van der Waals surface area contributed by atoms with Gasteiger partial charge in [-0.15, -0.1) is 0 Å². The Morgan fingerprint density at radius 3 is 2.60 bits per heavy atom. The monoisotopic (exact) mass is 275 g/mol. The van der Waals surface area contributed by atoms with Crippen molar-refractivity contribution in [3.8, 4) is 0 Å². The van der Waals surface area contributed by atoms with Crippen LogP contribution in [0.15, 0.2) is 24.3 Å². The van der Waals surface area contributed by atoms with Gasteiger partial charge in [0.2, 0.25) is 0 Å². The maximum absolute atomic E-state index is 11.2. The summed E-state index contributed by atoms with van der Waals surface area (Å²) in [5.74, 6) is -0.849. The van der Waals surface area contributed by atoms with Crippen molar-refractivity contribution < 1.29 is 9.90 Å². The fraction of sp³-hybridized carbons (Fsp3) is 0.588. The highest BCUT2D eigenvalue weighted by Crippen LogP contribution is 2.29. The molecule has 2 unspecified atom stereocenters. The van der Waals surface area contributed by atoms with Crippen molar-refractivity contribution in [1.82, 2.24) is 4.90 Å². The molecular weight excluding hydrogens is 250 g/mol. The first kappa shape index (κ1) is 15.0. The number of carbonyl (C=O) groups is 1. The second-order valence-corrected chi connectivity index (χ2v) is 5.69. The molecule has 2 rings (SSSR count). The summed E-state index contributed by atoms with van der Waals surface area (Å²) in [4.78, 5) is 13.6. The Morgan fingerprint density at radius 1 is 1.35 bits per heavy atom. The minimum absolute atomic E-state index is 0.201. The summed E-state index contributed by atoms with van der Waals surface area (Å²) in [6, 6.07) is 9.14. The van der Waals surface area contributed by atoms with Crippen LogP contribution in [0.3, 0.4) is 0 Å². The fourth-order valence-corrected chi connectivity index (χ4v) is 3.17. The molecule has 1 aliphatic heterocycles. The summed E-state index contributed by atoms with van der Waals surface area (Å²) in [6.45, 7) is 6.04. The Balaban J connectivity index is 2.12. The minimum Gasteiger partial charge on any atom is -0.481 e. The molecule has 0 aliphatic carbocycles. The Kier molecular flexibility index (Phi) is 5.18. The van der Waals surface area contributed by atoms with Crippen LogP contribution in [-0.2, 0) is 11.2 Å². The highest BCUT2D eigenvalue weighted by atomic mass is 16.4. The Morgan fingerprint density at radius 2 is 2.05 bits per heavy atom. The molecule has 1 aromatic rings. The molecule has 1 heterocycles. The Hall–Kier alpha value is -1.35. The third-order valence-electron chi connectivity index (χ3n) is 4.40. The normalized spacial score (nSPS) is 21.6. The molecule has 110 valence electrons. The molecular formula is C17H25NO2. The molecule has 1 saturated heterocycles. The molecule has 1 fully saturated rings. The lowest BCUT2D eigenvalue weighted by molar-refractivity contribution is -0.144. The zero-order chi connectivity index (χ0) is 14.5. The molecule has 3 nitrogen and oxygen atoms in total. The smallest absolute Gasteiger partial charge is 0.307 e.